The lowest BCUT2D eigenvalue weighted by atomic mass is 10.1. The lowest BCUT2D eigenvalue weighted by Crippen LogP contribution is -2.12. The molecule has 1 atom stereocenters. The summed E-state index contributed by atoms with van der Waals surface area (Å²) in [5.74, 6) is 1.88. The molecule has 0 spiro atoms. The Morgan fingerprint density at radius 3 is 2.64 bits per heavy atom. The average Bonchev–Trinajstić information content (AvgIpc) is 3.32. The number of nitrogens with one attached hydrogen (secondary N) is 2. The molecule has 5 nitrogen and oxygen atoms in total. The quantitative estimate of drug-likeness (QED) is 0.733. The number of fused-ring (bicyclic) bond motifs is 1. The van der Waals surface area contributed by atoms with Crippen molar-refractivity contribution in [1.82, 2.24) is 19.9 Å². The molecule has 25 heavy (non-hydrogen) atoms. The van der Waals surface area contributed by atoms with Gasteiger partial charge < -0.3 is 10.3 Å². The summed E-state index contributed by atoms with van der Waals surface area (Å²) in [5.41, 5.74) is 0.523. The molecule has 0 radical (unpaired) electrons. The number of nitrogens with zero attached hydrogens (tertiary/aromatic N) is 3. The van der Waals surface area contributed by atoms with Crippen LogP contribution in [0.1, 0.15) is 48.8 Å². The van der Waals surface area contributed by atoms with E-state index in [1.807, 2.05) is 13.0 Å². The molecule has 1 aliphatic rings. The number of aromatic amines is 1. The van der Waals surface area contributed by atoms with Gasteiger partial charge in [-0.2, -0.15) is 13.2 Å². The third-order valence-electron chi connectivity index (χ3n) is 4.31. The van der Waals surface area contributed by atoms with Crippen molar-refractivity contribution < 1.29 is 13.2 Å². The Hall–Kier alpha value is -2.64. The van der Waals surface area contributed by atoms with E-state index in [2.05, 4.69) is 25.3 Å². The van der Waals surface area contributed by atoms with E-state index in [1.54, 1.807) is 6.20 Å². The second-order valence-corrected chi connectivity index (χ2v) is 6.29. The highest BCUT2D eigenvalue weighted by atomic mass is 19.4. The van der Waals surface area contributed by atoms with E-state index in [0.29, 0.717) is 17.3 Å². The Bertz CT molecular complexity index is 897. The monoisotopic (exact) mass is 347 g/mol. The summed E-state index contributed by atoms with van der Waals surface area (Å²) in [7, 11) is 0. The standard InChI is InChI=1S/C17H16F3N5/c1-9(11-4-5-13(22-8-11)17(18,19)20)23-16-12-6-7-21-15(12)24-14(25-16)10-2-3-10/h4-10H,2-3H2,1H3,(H2,21,23,24,25)/t9-/m0/s1. The molecule has 1 aliphatic carbocycles. The molecule has 130 valence electrons. The molecule has 0 aromatic carbocycles. The molecule has 0 aliphatic heterocycles. The van der Waals surface area contributed by atoms with Gasteiger partial charge in [-0.1, -0.05) is 6.07 Å². The van der Waals surface area contributed by atoms with Gasteiger partial charge in [-0.3, -0.25) is 4.98 Å². The molecule has 2 N–H and O–H groups in total. The molecule has 4 rings (SSSR count). The Morgan fingerprint density at radius 2 is 2.00 bits per heavy atom. The van der Waals surface area contributed by atoms with Gasteiger partial charge in [-0.25, -0.2) is 9.97 Å². The first-order chi connectivity index (χ1) is 11.9. The van der Waals surface area contributed by atoms with Crippen LogP contribution in [0.3, 0.4) is 0 Å². The van der Waals surface area contributed by atoms with Gasteiger partial charge in [0, 0.05) is 18.3 Å². The van der Waals surface area contributed by atoms with Crippen LogP contribution in [0.4, 0.5) is 19.0 Å². The van der Waals surface area contributed by atoms with Crippen molar-refractivity contribution in [2.24, 2.45) is 0 Å². The molecule has 0 amide bonds. The first-order valence-corrected chi connectivity index (χ1v) is 8.06. The van der Waals surface area contributed by atoms with Crippen LogP contribution < -0.4 is 5.32 Å². The minimum absolute atomic E-state index is 0.241. The average molecular weight is 347 g/mol. The van der Waals surface area contributed by atoms with Crippen molar-refractivity contribution in [2.75, 3.05) is 5.32 Å². The van der Waals surface area contributed by atoms with E-state index in [4.69, 9.17) is 0 Å². The first kappa shape index (κ1) is 15.9. The number of rotatable bonds is 4. The number of H-pyrrole nitrogens is 1. The molecule has 0 unspecified atom stereocenters. The van der Waals surface area contributed by atoms with Gasteiger partial charge >= 0.3 is 6.18 Å². The van der Waals surface area contributed by atoms with Crippen LogP contribution in [0.2, 0.25) is 0 Å². The lowest BCUT2D eigenvalue weighted by Gasteiger charge is -2.16. The zero-order valence-electron chi connectivity index (χ0n) is 13.4. The number of hydrogen-bond acceptors (Lipinski definition) is 4. The fourth-order valence-corrected chi connectivity index (χ4v) is 2.71. The van der Waals surface area contributed by atoms with Crippen LogP contribution >= 0.6 is 0 Å². The SMILES string of the molecule is C[C@H](Nc1nc(C2CC2)nc2[nH]ccc12)c1ccc(C(F)(F)F)nc1. The Kier molecular flexibility index (Phi) is 3.63. The minimum Gasteiger partial charge on any atom is -0.363 e. The molecular weight excluding hydrogens is 331 g/mol. The lowest BCUT2D eigenvalue weighted by molar-refractivity contribution is -0.141. The number of hydrogen-bond donors (Lipinski definition) is 2. The van der Waals surface area contributed by atoms with Crippen molar-refractivity contribution in [3.8, 4) is 0 Å². The van der Waals surface area contributed by atoms with Crippen molar-refractivity contribution in [2.45, 2.75) is 37.9 Å². The smallest absolute Gasteiger partial charge is 0.363 e. The predicted octanol–water partition coefficient (Wildman–Crippen LogP) is 4.42. The van der Waals surface area contributed by atoms with E-state index < -0.39 is 11.9 Å². The molecule has 1 saturated carbocycles. The first-order valence-electron chi connectivity index (χ1n) is 8.06. The Labute approximate surface area is 141 Å². The summed E-state index contributed by atoms with van der Waals surface area (Å²) in [6, 6.07) is 4.07. The predicted molar refractivity (Wildman–Crippen MR) is 87.1 cm³/mol. The third-order valence-corrected chi connectivity index (χ3v) is 4.31. The van der Waals surface area contributed by atoms with E-state index in [9.17, 15) is 13.2 Å². The van der Waals surface area contributed by atoms with Gasteiger partial charge in [0.05, 0.1) is 11.4 Å². The third kappa shape index (κ3) is 3.16. The van der Waals surface area contributed by atoms with Gasteiger partial charge in [-0.05, 0) is 37.5 Å². The normalized spacial score (nSPS) is 16.2. The Balaban J connectivity index is 1.61. The molecule has 0 bridgehead atoms. The summed E-state index contributed by atoms with van der Waals surface area (Å²) in [4.78, 5) is 15.8. The molecular formula is C17H16F3N5. The summed E-state index contributed by atoms with van der Waals surface area (Å²) in [5, 5.41) is 4.13. The maximum absolute atomic E-state index is 12.6. The van der Waals surface area contributed by atoms with Gasteiger partial charge in [0.1, 0.15) is 23.0 Å². The number of halogens is 3. The van der Waals surface area contributed by atoms with Crippen molar-refractivity contribution in [1.29, 1.82) is 0 Å². The number of anilines is 1. The highest BCUT2D eigenvalue weighted by molar-refractivity contribution is 5.87. The fraction of sp³-hybridized carbons (Fsp3) is 0.353. The molecule has 0 saturated heterocycles. The topological polar surface area (TPSA) is 66.5 Å². The minimum atomic E-state index is -4.43. The largest absolute Gasteiger partial charge is 0.433 e. The summed E-state index contributed by atoms with van der Waals surface area (Å²) >= 11 is 0. The van der Waals surface area contributed by atoms with Crippen LogP contribution in [-0.2, 0) is 6.18 Å². The number of alkyl halides is 3. The van der Waals surface area contributed by atoms with Crippen molar-refractivity contribution in [3.05, 3.63) is 47.7 Å². The molecule has 1 fully saturated rings. The van der Waals surface area contributed by atoms with Crippen LogP contribution in [0.5, 0.6) is 0 Å². The summed E-state index contributed by atoms with van der Waals surface area (Å²) < 4.78 is 37.9. The molecule has 3 aromatic rings. The molecule has 3 heterocycles. The van der Waals surface area contributed by atoms with Crippen molar-refractivity contribution in [3.63, 3.8) is 0 Å². The van der Waals surface area contributed by atoms with Crippen molar-refractivity contribution >= 4 is 16.9 Å². The van der Waals surface area contributed by atoms with Crippen LogP contribution in [0.25, 0.3) is 11.0 Å². The number of pyridine rings is 1. The van der Waals surface area contributed by atoms with Gasteiger partial charge in [0.25, 0.3) is 0 Å². The van der Waals surface area contributed by atoms with Gasteiger partial charge in [0.2, 0.25) is 0 Å². The van der Waals surface area contributed by atoms with E-state index in [0.717, 1.165) is 35.8 Å². The van der Waals surface area contributed by atoms with Crippen LogP contribution in [-0.4, -0.2) is 19.9 Å². The van der Waals surface area contributed by atoms with E-state index in [1.165, 1.54) is 12.3 Å². The van der Waals surface area contributed by atoms with Crippen LogP contribution in [0, 0.1) is 0 Å². The Morgan fingerprint density at radius 1 is 1.20 bits per heavy atom. The maximum Gasteiger partial charge on any atom is 0.433 e. The maximum atomic E-state index is 12.6. The van der Waals surface area contributed by atoms with E-state index >= 15 is 0 Å². The zero-order chi connectivity index (χ0) is 17.6. The fourth-order valence-electron chi connectivity index (χ4n) is 2.71. The second-order valence-electron chi connectivity index (χ2n) is 6.29. The highest BCUT2D eigenvalue weighted by Crippen LogP contribution is 2.39. The highest BCUT2D eigenvalue weighted by Gasteiger charge is 2.32. The van der Waals surface area contributed by atoms with Gasteiger partial charge in [0.15, 0.2) is 0 Å². The second kappa shape index (κ2) is 5.72. The summed E-state index contributed by atoms with van der Waals surface area (Å²) in [6.07, 6.45) is 0.787. The molecule has 3 aromatic heterocycles. The van der Waals surface area contributed by atoms with Crippen LogP contribution in [0.15, 0.2) is 30.6 Å². The van der Waals surface area contributed by atoms with Gasteiger partial charge in [-0.15, -0.1) is 0 Å². The van der Waals surface area contributed by atoms with E-state index in [-0.39, 0.29) is 6.04 Å². The molecule has 8 heteroatoms. The summed E-state index contributed by atoms with van der Waals surface area (Å²) in [6.45, 7) is 1.86. The zero-order valence-corrected chi connectivity index (χ0v) is 13.4. The number of aromatic nitrogens is 4.